The summed E-state index contributed by atoms with van der Waals surface area (Å²) in [5.41, 5.74) is 2.43. The van der Waals surface area contributed by atoms with E-state index in [9.17, 15) is 13.2 Å². The molecule has 26 heavy (non-hydrogen) atoms. The Bertz CT molecular complexity index is 892. The summed E-state index contributed by atoms with van der Waals surface area (Å²) in [6.45, 7) is 4.59. The minimum atomic E-state index is -3.57. The third kappa shape index (κ3) is 4.83. The number of carbonyl (C=O) groups is 1. The van der Waals surface area contributed by atoms with Gasteiger partial charge in [-0.05, 0) is 49.2 Å². The lowest BCUT2D eigenvalue weighted by atomic mass is 10.1. The van der Waals surface area contributed by atoms with Crippen LogP contribution in [0.1, 0.15) is 21.5 Å². The summed E-state index contributed by atoms with van der Waals surface area (Å²) in [6.07, 6.45) is 0. The van der Waals surface area contributed by atoms with Gasteiger partial charge in [-0.3, -0.25) is 4.79 Å². The predicted octanol–water partition coefficient (Wildman–Crippen LogP) is 2.36. The Morgan fingerprint density at radius 1 is 1.12 bits per heavy atom. The number of sulfonamides is 1. The number of nitrogens with zero attached hydrogens (tertiary/aromatic N) is 1. The Kier molecular flexibility index (Phi) is 6.39. The number of hydrogen-bond acceptors (Lipinski definition) is 4. The van der Waals surface area contributed by atoms with Crippen LogP contribution in [0.4, 0.5) is 0 Å². The maximum absolute atomic E-state index is 12.3. The van der Waals surface area contributed by atoms with Crippen molar-refractivity contribution in [1.82, 2.24) is 9.62 Å². The molecule has 1 amide bonds. The van der Waals surface area contributed by atoms with Crippen molar-refractivity contribution >= 4 is 15.9 Å². The number of aryl methyl sites for hydroxylation is 2. The molecule has 0 saturated heterocycles. The van der Waals surface area contributed by atoms with Gasteiger partial charge in [0.2, 0.25) is 10.0 Å². The van der Waals surface area contributed by atoms with Gasteiger partial charge in [0, 0.05) is 19.7 Å². The van der Waals surface area contributed by atoms with E-state index in [1.54, 1.807) is 12.1 Å². The first-order valence-electron chi connectivity index (χ1n) is 8.22. The Balaban J connectivity index is 1.95. The molecule has 0 fully saturated rings. The number of rotatable bonds is 7. The minimum absolute atomic E-state index is 0.0850. The second-order valence-corrected chi connectivity index (χ2v) is 8.34. The first-order chi connectivity index (χ1) is 12.2. The molecule has 1 N–H and O–H groups in total. The Morgan fingerprint density at radius 2 is 1.85 bits per heavy atom. The molecular formula is C19H24N2O4S. The Hall–Kier alpha value is -2.38. The van der Waals surface area contributed by atoms with Gasteiger partial charge >= 0.3 is 0 Å². The summed E-state index contributed by atoms with van der Waals surface area (Å²) in [5, 5.41) is 2.74. The second kappa shape index (κ2) is 8.33. The fourth-order valence-electron chi connectivity index (χ4n) is 2.30. The molecule has 0 unspecified atom stereocenters. The van der Waals surface area contributed by atoms with Crippen molar-refractivity contribution < 1.29 is 17.9 Å². The van der Waals surface area contributed by atoms with Crippen LogP contribution in [0, 0.1) is 13.8 Å². The van der Waals surface area contributed by atoms with Crippen LogP contribution < -0.4 is 10.1 Å². The van der Waals surface area contributed by atoms with Crippen molar-refractivity contribution in [1.29, 1.82) is 0 Å². The smallest absolute Gasteiger partial charge is 0.251 e. The molecule has 0 aromatic heterocycles. The zero-order valence-corrected chi connectivity index (χ0v) is 16.3. The number of amides is 1. The lowest BCUT2D eigenvalue weighted by Gasteiger charge is -2.13. The minimum Gasteiger partial charge on any atom is -0.491 e. The van der Waals surface area contributed by atoms with Crippen molar-refractivity contribution in [2.45, 2.75) is 18.7 Å². The molecule has 0 bridgehead atoms. The van der Waals surface area contributed by atoms with Gasteiger partial charge in [0.15, 0.2) is 0 Å². The molecule has 2 aromatic carbocycles. The van der Waals surface area contributed by atoms with E-state index in [0.29, 0.717) is 18.7 Å². The average molecular weight is 376 g/mol. The van der Waals surface area contributed by atoms with Crippen LogP contribution in [0.2, 0.25) is 0 Å². The number of carbonyl (C=O) groups excluding carboxylic acids is 1. The third-order valence-corrected chi connectivity index (χ3v) is 5.67. The molecule has 6 nitrogen and oxygen atoms in total. The van der Waals surface area contributed by atoms with E-state index in [1.807, 2.05) is 32.0 Å². The fourth-order valence-corrected chi connectivity index (χ4v) is 3.25. The molecule has 0 radical (unpaired) electrons. The highest BCUT2D eigenvalue weighted by molar-refractivity contribution is 7.89. The summed E-state index contributed by atoms with van der Waals surface area (Å²) in [7, 11) is -0.672. The monoisotopic (exact) mass is 376 g/mol. The molecule has 2 rings (SSSR count). The van der Waals surface area contributed by atoms with Gasteiger partial charge < -0.3 is 10.1 Å². The summed E-state index contributed by atoms with van der Waals surface area (Å²) < 4.78 is 31.1. The number of hydrogen-bond donors (Lipinski definition) is 1. The van der Waals surface area contributed by atoms with Gasteiger partial charge in [-0.25, -0.2) is 12.7 Å². The lowest BCUT2D eigenvalue weighted by Crippen LogP contribution is -2.28. The largest absolute Gasteiger partial charge is 0.491 e. The lowest BCUT2D eigenvalue weighted by molar-refractivity contribution is 0.0946. The van der Waals surface area contributed by atoms with Crippen LogP contribution in [-0.4, -0.2) is 45.9 Å². The fraction of sp³-hybridized carbons (Fsp3) is 0.316. The number of nitrogens with one attached hydrogen (secondary N) is 1. The standard InChI is InChI=1S/C19H24N2O4S/c1-14-8-9-15(2)18(12-14)25-11-10-20-19(22)16-6-5-7-17(13-16)26(23,24)21(3)4/h5-9,12-13H,10-11H2,1-4H3,(H,20,22). The molecule has 0 aliphatic carbocycles. The van der Waals surface area contributed by atoms with E-state index < -0.39 is 10.0 Å². The van der Waals surface area contributed by atoms with Gasteiger partial charge in [-0.2, -0.15) is 0 Å². The van der Waals surface area contributed by atoms with Crippen molar-refractivity contribution in [3.8, 4) is 5.75 Å². The van der Waals surface area contributed by atoms with Gasteiger partial charge in [-0.1, -0.05) is 18.2 Å². The van der Waals surface area contributed by atoms with Crippen molar-refractivity contribution in [3.63, 3.8) is 0 Å². The molecule has 0 spiro atoms. The molecule has 0 saturated carbocycles. The molecule has 0 aliphatic heterocycles. The van der Waals surface area contributed by atoms with Crippen LogP contribution in [0.3, 0.4) is 0 Å². The van der Waals surface area contributed by atoms with E-state index in [1.165, 1.54) is 26.2 Å². The molecule has 140 valence electrons. The maximum atomic E-state index is 12.3. The quantitative estimate of drug-likeness (QED) is 0.753. The van der Waals surface area contributed by atoms with Crippen molar-refractivity contribution in [3.05, 3.63) is 59.2 Å². The summed E-state index contributed by atoms with van der Waals surface area (Å²) in [4.78, 5) is 12.3. The SMILES string of the molecule is Cc1ccc(C)c(OCCNC(=O)c2cccc(S(=O)(=O)N(C)C)c2)c1. The first kappa shape index (κ1) is 19.9. The highest BCUT2D eigenvalue weighted by Crippen LogP contribution is 2.19. The van der Waals surface area contributed by atoms with Gasteiger partial charge in [0.05, 0.1) is 11.4 Å². The normalized spacial score (nSPS) is 11.4. The zero-order valence-electron chi connectivity index (χ0n) is 15.4. The summed E-state index contributed by atoms with van der Waals surface area (Å²) in [6, 6.07) is 11.9. The third-order valence-electron chi connectivity index (χ3n) is 3.86. The van der Waals surface area contributed by atoms with Gasteiger partial charge in [0.1, 0.15) is 12.4 Å². The van der Waals surface area contributed by atoms with Crippen molar-refractivity contribution in [2.24, 2.45) is 0 Å². The zero-order chi connectivity index (χ0) is 19.3. The predicted molar refractivity (Wildman–Crippen MR) is 101 cm³/mol. The Morgan fingerprint density at radius 3 is 2.54 bits per heavy atom. The van der Waals surface area contributed by atoms with Crippen LogP contribution in [0.5, 0.6) is 5.75 Å². The van der Waals surface area contributed by atoms with E-state index in [0.717, 1.165) is 21.2 Å². The van der Waals surface area contributed by atoms with Crippen LogP contribution >= 0.6 is 0 Å². The van der Waals surface area contributed by atoms with E-state index in [4.69, 9.17) is 4.74 Å². The summed E-state index contributed by atoms with van der Waals surface area (Å²) in [5.74, 6) is 0.448. The average Bonchev–Trinajstić information content (AvgIpc) is 2.61. The first-order valence-corrected chi connectivity index (χ1v) is 9.66. The Labute approximate surface area is 154 Å². The van der Waals surface area contributed by atoms with E-state index in [2.05, 4.69) is 5.32 Å². The highest BCUT2D eigenvalue weighted by atomic mass is 32.2. The van der Waals surface area contributed by atoms with Crippen LogP contribution in [-0.2, 0) is 10.0 Å². The van der Waals surface area contributed by atoms with Gasteiger partial charge in [-0.15, -0.1) is 0 Å². The molecule has 7 heteroatoms. The molecule has 0 heterocycles. The molecule has 2 aromatic rings. The maximum Gasteiger partial charge on any atom is 0.251 e. The van der Waals surface area contributed by atoms with E-state index in [-0.39, 0.29) is 10.8 Å². The van der Waals surface area contributed by atoms with Crippen molar-refractivity contribution in [2.75, 3.05) is 27.2 Å². The molecule has 0 atom stereocenters. The highest BCUT2D eigenvalue weighted by Gasteiger charge is 2.18. The van der Waals surface area contributed by atoms with E-state index >= 15 is 0 Å². The number of benzene rings is 2. The topological polar surface area (TPSA) is 75.7 Å². The van der Waals surface area contributed by atoms with Crippen LogP contribution in [0.25, 0.3) is 0 Å². The molecule has 0 aliphatic rings. The molecular weight excluding hydrogens is 352 g/mol. The number of ether oxygens (including phenoxy) is 1. The second-order valence-electron chi connectivity index (χ2n) is 6.19. The van der Waals surface area contributed by atoms with Crippen LogP contribution in [0.15, 0.2) is 47.4 Å². The van der Waals surface area contributed by atoms with Gasteiger partial charge in [0.25, 0.3) is 5.91 Å². The summed E-state index contributed by atoms with van der Waals surface area (Å²) >= 11 is 0.